The number of ether oxygens (including phenoxy) is 2. The largest absolute Gasteiger partial charge is 0.497 e. The van der Waals surface area contributed by atoms with E-state index in [4.69, 9.17) is 9.47 Å². The van der Waals surface area contributed by atoms with E-state index in [0.29, 0.717) is 37.7 Å². The summed E-state index contributed by atoms with van der Waals surface area (Å²) in [7, 11) is 3.28. The van der Waals surface area contributed by atoms with Gasteiger partial charge in [0.1, 0.15) is 11.5 Å². The molecular formula is C34H30N4O4. The van der Waals surface area contributed by atoms with Crippen molar-refractivity contribution in [2.75, 3.05) is 14.2 Å². The number of fused-ring (bicyclic) bond motifs is 2. The van der Waals surface area contributed by atoms with Gasteiger partial charge in [0.2, 0.25) is 0 Å². The number of benzene rings is 4. The zero-order chi connectivity index (χ0) is 28.6. The Hall–Kier alpha value is -4.98. The Morgan fingerprint density at radius 1 is 0.476 bits per heavy atom. The summed E-state index contributed by atoms with van der Waals surface area (Å²) in [6.45, 7) is 1.48. The summed E-state index contributed by atoms with van der Waals surface area (Å²) in [5.74, 6) is 1.42. The molecule has 0 saturated carbocycles. The summed E-state index contributed by atoms with van der Waals surface area (Å²) in [6.07, 6.45) is 0. The third kappa shape index (κ3) is 2.91. The van der Waals surface area contributed by atoms with Gasteiger partial charge in [0.15, 0.2) is 11.3 Å². The number of methoxy groups -OCH3 is 2. The summed E-state index contributed by atoms with van der Waals surface area (Å²) in [5, 5.41) is 0. The predicted molar refractivity (Wildman–Crippen MR) is 155 cm³/mol. The molecule has 0 unspecified atom stereocenters. The van der Waals surface area contributed by atoms with Gasteiger partial charge in [-0.25, -0.2) is 9.59 Å². The molecule has 0 radical (unpaired) electrons. The molecule has 0 N–H and O–H groups in total. The van der Waals surface area contributed by atoms with Crippen LogP contribution < -0.4 is 9.47 Å². The average Bonchev–Trinajstić information content (AvgIpc) is 3.21. The molecule has 0 atom stereocenters. The fraction of sp³-hybridized carbons (Fsp3) is 0.235. The van der Waals surface area contributed by atoms with Gasteiger partial charge in [-0.3, -0.25) is 19.6 Å². The van der Waals surface area contributed by atoms with Crippen LogP contribution in [0.3, 0.4) is 0 Å². The zero-order valence-electron chi connectivity index (χ0n) is 23.5. The van der Waals surface area contributed by atoms with Crippen molar-refractivity contribution in [2.24, 2.45) is 0 Å². The van der Waals surface area contributed by atoms with Gasteiger partial charge in [0.05, 0.1) is 40.4 Å². The summed E-state index contributed by atoms with van der Waals surface area (Å²) < 4.78 is 11.1. The molecule has 4 aromatic rings. The molecule has 4 amide bonds. The van der Waals surface area contributed by atoms with Crippen LogP contribution in [0, 0.1) is 0 Å². The van der Waals surface area contributed by atoms with Crippen LogP contribution >= 0.6 is 0 Å². The minimum atomic E-state index is -1.18. The van der Waals surface area contributed by atoms with Crippen LogP contribution in [0.1, 0.15) is 33.4 Å². The molecule has 8 rings (SSSR count). The van der Waals surface area contributed by atoms with E-state index in [1.165, 1.54) is 0 Å². The van der Waals surface area contributed by atoms with Crippen LogP contribution in [0.4, 0.5) is 9.59 Å². The van der Waals surface area contributed by atoms with Crippen LogP contribution in [-0.2, 0) is 37.5 Å². The maximum absolute atomic E-state index is 15.0. The SMILES string of the molecule is COc1ccc(C23N4Cc5ccccc5CN2C(=O)N2Cc5ccccc5CN(C4=O)C23c2ccc(OC)cc2)cc1. The van der Waals surface area contributed by atoms with E-state index >= 15 is 9.59 Å². The Morgan fingerprint density at radius 3 is 1.02 bits per heavy atom. The van der Waals surface area contributed by atoms with E-state index in [1.807, 2.05) is 92.4 Å². The second-order valence-electron chi connectivity index (χ2n) is 11.2. The fourth-order valence-corrected chi connectivity index (χ4v) is 7.70. The van der Waals surface area contributed by atoms with Crippen molar-refractivity contribution in [1.82, 2.24) is 19.6 Å². The molecule has 8 heteroatoms. The molecular weight excluding hydrogens is 528 g/mol. The van der Waals surface area contributed by atoms with E-state index < -0.39 is 11.3 Å². The van der Waals surface area contributed by atoms with Crippen molar-refractivity contribution in [1.29, 1.82) is 0 Å². The molecule has 210 valence electrons. The Morgan fingerprint density at radius 2 is 0.762 bits per heavy atom. The Balaban J connectivity index is 1.50. The Bertz CT molecular complexity index is 1540. The topological polar surface area (TPSA) is 65.6 Å². The average molecular weight is 559 g/mol. The van der Waals surface area contributed by atoms with Gasteiger partial charge in [-0.05, 0) is 46.5 Å². The van der Waals surface area contributed by atoms with Crippen molar-refractivity contribution in [3.05, 3.63) is 130 Å². The first-order chi connectivity index (χ1) is 20.5. The Kier molecular flexibility index (Phi) is 5.17. The monoisotopic (exact) mass is 558 g/mol. The van der Waals surface area contributed by atoms with Gasteiger partial charge in [-0.2, -0.15) is 0 Å². The van der Waals surface area contributed by atoms with Crippen LogP contribution in [0.15, 0.2) is 97.1 Å². The van der Waals surface area contributed by atoms with E-state index in [1.54, 1.807) is 14.2 Å². The van der Waals surface area contributed by atoms with Crippen molar-refractivity contribution >= 4 is 12.1 Å². The lowest BCUT2D eigenvalue weighted by Crippen LogP contribution is -2.62. The quantitative estimate of drug-likeness (QED) is 0.327. The maximum atomic E-state index is 15.0. The first-order valence-electron chi connectivity index (χ1n) is 14.1. The predicted octanol–water partition coefficient (Wildman–Crippen LogP) is 5.61. The highest BCUT2D eigenvalue weighted by molar-refractivity contribution is 5.90. The fourth-order valence-electron chi connectivity index (χ4n) is 7.70. The normalized spacial score (nSPS) is 23.7. The Labute approximate surface area is 244 Å². The van der Waals surface area contributed by atoms with Crippen molar-refractivity contribution < 1.29 is 19.1 Å². The molecule has 0 spiro atoms. The van der Waals surface area contributed by atoms with Crippen LogP contribution in [-0.4, -0.2) is 45.9 Å². The molecule has 4 aromatic carbocycles. The summed E-state index contributed by atoms with van der Waals surface area (Å²) in [6, 6.07) is 31.7. The molecule has 8 nitrogen and oxygen atoms in total. The van der Waals surface area contributed by atoms with E-state index in [9.17, 15) is 0 Å². The number of carbonyl (C=O) groups excluding carboxylic acids is 2. The molecule has 0 bridgehead atoms. The molecule has 0 aliphatic carbocycles. The number of hydrogen-bond donors (Lipinski definition) is 0. The number of urea groups is 2. The molecule has 2 saturated heterocycles. The van der Waals surface area contributed by atoms with Crippen LogP contribution in [0.2, 0.25) is 0 Å². The van der Waals surface area contributed by atoms with Gasteiger partial charge in [-0.15, -0.1) is 0 Å². The molecule has 2 fully saturated rings. The summed E-state index contributed by atoms with van der Waals surface area (Å²) >= 11 is 0. The number of carbonyl (C=O) groups is 2. The number of hydrogen-bond acceptors (Lipinski definition) is 4. The van der Waals surface area contributed by atoms with Crippen molar-refractivity contribution in [3.63, 3.8) is 0 Å². The molecule has 4 heterocycles. The standard InChI is InChI=1S/C34H30N4O4/c1-41-29-15-11-27(12-16-29)33-34(28-13-17-30(42-2)18-14-28)37-21-25-9-5-6-10-26(25)22-38(34)32(40)36(33)20-24-8-4-3-7-23(24)19-35(33)31(37)39/h3-18H,19-22H2,1-2H3. The summed E-state index contributed by atoms with van der Waals surface area (Å²) in [4.78, 5) is 37.7. The van der Waals surface area contributed by atoms with E-state index in [-0.39, 0.29) is 12.1 Å². The second-order valence-corrected chi connectivity index (χ2v) is 11.2. The van der Waals surface area contributed by atoms with Gasteiger partial charge < -0.3 is 9.47 Å². The van der Waals surface area contributed by atoms with Gasteiger partial charge in [-0.1, -0.05) is 72.8 Å². The second kappa shape index (κ2) is 8.76. The lowest BCUT2D eigenvalue weighted by atomic mass is 9.79. The van der Waals surface area contributed by atoms with Crippen LogP contribution in [0.25, 0.3) is 0 Å². The maximum Gasteiger partial charge on any atom is 0.325 e. The molecule has 42 heavy (non-hydrogen) atoms. The smallest absolute Gasteiger partial charge is 0.325 e. The lowest BCUT2D eigenvalue weighted by Gasteiger charge is -2.49. The van der Waals surface area contributed by atoms with Gasteiger partial charge in [0.25, 0.3) is 0 Å². The van der Waals surface area contributed by atoms with Crippen molar-refractivity contribution in [3.8, 4) is 11.5 Å². The molecule has 4 aliphatic heterocycles. The highest BCUT2D eigenvalue weighted by Crippen LogP contribution is 2.65. The minimum absolute atomic E-state index is 0.113. The zero-order valence-corrected chi connectivity index (χ0v) is 23.5. The third-order valence-electron chi connectivity index (χ3n) is 9.51. The number of amides is 4. The highest BCUT2D eigenvalue weighted by atomic mass is 16.5. The van der Waals surface area contributed by atoms with Crippen molar-refractivity contribution in [2.45, 2.75) is 37.5 Å². The number of rotatable bonds is 4. The first kappa shape index (κ1) is 24.8. The van der Waals surface area contributed by atoms with Gasteiger partial charge in [0, 0.05) is 11.1 Å². The lowest BCUT2D eigenvalue weighted by molar-refractivity contribution is -0.0793. The third-order valence-corrected chi connectivity index (χ3v) is 9.51. The van der Waals surface area contributed by atoms with Gasteiger partial charge >= 0.3 is 12.1 Å². The summed E-state index contributed by atoms with van der Waals surface area (Å²) in [5.41, 5.74) is 3.50. The van der Waals surface area contributed by atoms with E-state index in [0.717, 1.165) is 33.4 Å². The first-order valence-corrected chi connectivity index (χ1v) is 14.1. The molecule has 4 aliphatic rings. The minimum Gasteiger partial charge on any atom is -0.497 e. The number of nitrogens with zero attached hydrogens (tertiary/aromatic N) is 4. The molecule has 0 aromatic heterocycles. The highest BCUT2D eigenvalue weighted by Gasteiger charge is 2.80. The van der Waals surface area contributed by atoms with E-state index in [2.05, 4.69) is 24.3 Å². The van der Waals surface area contributed by atoms with Crippen LogP contribution in [0.5, 0.6) is 11.5 Å².